The van der Waals surface area contributed by atoms with E-state index in [4.69, 9.17) is 4.42 Å². The molecule has 0 spiro atoms. The number of furan rings is 1. The van der Waals surface area contributed by atoms with Gasteiger partial charge in [0.05, 0.1) is 6.20 Å². The second kappa shape index (κ2) is 9.20. The van der Waals surface area contributed by atoms with Gasteiger partial charge in [0.15, 0.2) is 5.76 Å². The van der Waals surface area contributed by atoms with Gasteiger partial charge in [0.2, 0.25) is 5.91 Å². The smallest absolute Gasteiger partial charge is 0.287 e. The molecule has 1 fully saturated rings. The van der Waals surface area contributed by atoms with Gasteiger partial charge in [-0.25, -0.2) is 0 Å². The number of rotatable bonds is 6. The molecular formula is C24H28N4O3. The van der Waals surface area contributed by atoms with Crippen molar-refractivity contribution in [2.45, 2.75) is 38.1 Å². The molecule has 2 heterocycles. The largest absolute Gasteiger partial charge is 0.451 e. The highest BCUT2D eigenvalue weighted by atomic mass is 16.4. The minimum atomic E-state index is -0.537. The van der Waals surface area contributed by atoms with Gasteiger partial charge in [0.1, 0.15) is 11.8 Å². The van der Waals surface area contributed by atoms with Gasteiger partial charge in [-0.2, -0.15) is 5.10 Å². The van der Waals surface area contributed by atoms with Crippen LogP contribution in [0.15, 0.2) is 53.2 Å². The summed E-state index contributed by atoms with van der Waals surface area (Å²) in [6, 6.07) is 10.8. The maximum atomic E-state index is 12.8. The third kappa shape index (κ3) is 4.71. The van der Waals surface area contributed by atoms with Crippen molar-refractivity contribution in [3.8, 4) is 22.5 Å². The number of hydrogen-bond acceptors (Lipinski definition) is 4. The molecule has 0 saturated heterocycles. The van der Waals surface area contributed by atoms with Crippen molar-refractivity contribution in [3.63, 3.8) is 0 Å². The van der Waals surface area contributed by atoms with E-state index in [1.807, 2.05) is 43.7 Å². The van der Waals surface area contributed by atoms with Crippen molar-refractivity contribution in [1.29, 1.82) is 0 Å². The Hall–Kier alpha value is -3.35. The summed E-state index contributed by atoms with van der Waals surface area (Å²) in [6.07, 6.45) is 9.04. The van der Waals surface area contributed by atoms with Crippen LogP contribution in [0.25, 0.3) is 22.5 Å². The van der Waals surface area contributed by atoms with Crippen LogP contribution in [0, 0.1) is 5.92 Å². The molecule has 1 atom stereocenters. The minimum absolute atomic E-state index is 0.155. The maximum Gasteiger partial charge on any atom is 0.287 e. The highest BCUT2D eigenvalue weighted by Gasteiger charge is 2.31. The molecule has 7 nitrogen and oxygen atoms in total. The molecule has 0 aliphatic heterocycles. The van der Waals surface area contributed by atoms with E-state index in [2.05, 4.69) is 15.7 Å². The highest BCUT2D eigenvalue weighted by molar-refractivity contribution is 5.96. The third-order valence-corrected chi connectivity index (χ3v) is 5.97. The van der Waals surface area contributed by atoms with Gasteiger partial charge in [0, 0.05) is 31.4 Å². The van der Waals surface area contributed by atoms with E-state index in [-0.39, 0.29) is 23.5 Å². The van der Waals surface area contributed by atoms with Crippen LogP contribution in [0.2, 0.25) is 0 Å². The summed E-state index contributed by atoms with van der Waals surface area (Å²) in [7, 11) is 3.49. The van der Waals surface area contributed by atoms with E-state index >= 15 is 0 Å². The summed E-state index contributed by atoms with van der Waals surface area (Å²) >= 11 is 0. The second-order valence-corrected chi connectivity index (χ2v) is 8.11. The Morgan fingerprint density at radius 3 is 2.39 bits per heavy atom. The Labute approximate surface area is 181 Å². The van der Waals surface area contributed by atoms with E-state index in [9.17, 15) is 9.59 Å². The zero-order valence-corrected chi connectivity index (χ0v) is 17.9. The van der Waals surface area contributed by atoms with Gasteiger partial charge in [0.25, 0.3) is 5.91 Å². The molecule has 2 aromatic heterocycles. The van der Waals surface area contributed by atoms with Crippen LogP contribution in [0.3, 0.4) is 0 Å². The average molecular weight is 421 g/mol. The van der Waals surface area contributed by atoms with E-state index in [0.29, 0.717) is 5.76 Å². The summed E-state index contributed by atoms with van der Waals surface area (Å²) in [5.41, 5.74) is 2.97. The third-order valence-electron chi connectivity index (χ3n) is 5.97. The Balaban J connectivity index is 1.47. The quantitative estimate of drug-likeness (QED) is 0.635. The number of aromatic nitrogens is 2. The first-order chi connectivity index (χ1) is 15.0. The number of likely N-dealkylation sites (N-methyl/N-ethyl adjacent to an activating group) is 1. The molecular weight excluding hydrogens is 392 g/mol. The van der Waals surface area contributed by atoms with Crippen LogP contribution >= 0.6 is 0 Å². The van der Waals surface area contributed by atoms with E-state index < -0.39 is 6.04 Å². The van der Waals surface area contributed by atoms with Gasteiger partial charge < -0.3 is 15.1 Å². The van der Waals surface area contributed by atoms with Crippen molar-refractivity contribution in [2.24, 2.45) is 13.0 Å². The normalized spacial score (nSPS) is 15.4. The Kier molecular flexibility index (Phi) is 6.21. The molecule has 0 bridgehead atoms. The number of aryl methyl sites for hydroxylation is 1. The molecule has 31 heavy (non-hydrogen) atoms. The molecule has 0 radical (unpaired) electrons. The molecule has 2 N–H and O–H groups in total. The molecule has 1 aromatic carbocycles. The summed E-state index contributed by atoms with van der Waals surface area (Å²) in [6.45, 7) is 0. The van der Waals surface area contributed by atoms with Gasteiger partial charge >= 0.3 is 0 Å². The monoisotopic (exact) mass is 420 g/mol. The summed E-state index contributed by atoms with van der Waals surface area (Å²) in [4.78, 5) is 25.2. The Morgan fingerprint density at radius 2 is 1.74 bits per heavy atom. The Bertz CT molecular complexity index is 1040. The highest BCUT2D eigenvalue weighted by Crippen LogP contribution is 2.28. The lowest BCUT2D eigenvalue weighted by Gasteiger charge is -2.29. The topological polar surface area (TPSA) is 89.2 Å². The number of nitrogens with zero attached hydrogens (tertiary/aromatic N) is 2. The number of hydrogen-bond donors (Lipinski definition) is 2. The zero-order valence-electron chi connectivity index (χ0n) is 17.9. The molecule has 2 amide bonds. The van der Waals surface area contributed by atoms with Crippen molar-refractivity contribution >= 4 is 11.8 Å². The predicted molar refractivity (Wildman–Crippen MR) is 118 cm³/mol. The molecule has 4 rings (SSSR count). The van der Waals surface area contributed by atoms with E-state index in [1.54, 1.807) is 23.9 Å². The molecule has 1 unspecified atom stereocenters. The van der Waals surface area contributed by atoms with Crippen molar-refractivity contribution < 1.29 is 14.0 Å². The lowest BCUT2D eigenvalue weighted by molar-refractivity contribution is -0.124. The number of carbonyl (C=O) groups is 2. The maximum absolute atomic E-state index is 12.8. The van der Waals surface area contributed by atoms with Crippen LogP contribution in [-0.2, 0) is 11.8 Å². The fourth-order valence-corrected chi connectivity index (χ4v) is 4.25. The fourth-order valence-electron chi connectivity index (χ4n) is 4.25. The SMILES string of the molecule is CNC(=O)C(NC(=O)c1ccc(-c2ccc(-c3cnn(C)c3)cc2)o1)C1CCCCC1. The Morgan fingerprint density at radius 1 is 1.03 bits per heavy atom. The molecule has 1 aliphatic carbocycles. The lowest BCUT2D eigenvalue weighted by Crippen LogP contribution is -2.50. The van der Waals surface area contributed by atoms with Crippen LogP contribution in [0.4, 0.5) is 0 Å². The summed E-state index contributed by atoms with van der Waals surface area (Å²) < 4.78 is 7.59. The van der Waals surface area contributed by atoms with Crippen LogP contribution < -0.4 is 10.6 Å². The van der Waals surface area contributed by atoms with E-state index in [1.165, 1.54) is 6.42 Å². The summed E-state index contributed by atoms with van der Waals surface area (Å²) in [5.74, 6) is 0.454. The molecule has 1 aliphatic rings. The number of benzene rings is 1. The van der Waals surface area contributed by atoms with Crippen molar-refractivity contribution in [2.75, 3.05) is 7.05 Å². The first kappa shape index (κ1) is 20.9. The molecule has 3 aromatic rings. The number of nitrogens with one attached hydrogen (secondary N) is 2. The molecule has 7 heteroatoms. The van der Waals surface area contributed by atoms with Crippen LogP contribution in [-0.4, -0.2) is 34.7 Å². The zero-order chi connectivity index (χ0) is 21.8. The van der Waals surface area contributed by atoms with Crippen molar-refractivity contribution in [3.05, 3.63) is 54.6 Å². The standard InChI is InChI=1S/C24H28N4O3/c1-25-24(30)22(18-6-4-3-5-7-18)27-23(29)21-13-12-20(31-21)17-10-8-16(9-11-17)19-14-26-28(2)15-19/h8-15,18,22H,3-7H2,1-2H3,(H,25,30)(H,27,29). The summed E-state index contributed by atoms with van der Waals surface area (Å²) in [5, 5.41) is 9.78. The fraction of sp³-hybridized carbons (Fsp3) is 0.375. The molecule has 162 valence electrons. The average Bonchev–Trinajstić information content (AvgIpc) is 3.47. The van der Waals surface area contributed by atoms with Gasteiger partial charge in [-0.15, -0.1) is 0 Å². The lowest BCUT2D eigenvalue weighted by atomic mass is 9.83. The van der Waals surface area contributed by atoms with Crippen LogP contribution in [0.5, 0.6) is 0 Å². The number of amides is 2. The van der Waals surface area contributed by atoms with Gasteiger partial charge in [-0.05, 0) is 36.5 Å². The number of carbonyl (C=O) groups excluding carboxylic acids is 2. The first-order valence-electron chi connectivity index (χ1n) is 10.8. The minimum Gasteiger partial charge on any atom is -0.451 e. The van der Waals surface area contributed by atoms with Gasteiger partial charge in [-0.1, -0.05) is 43.5 Å². The van der Waals surface area contributed by atoms with E-state index in [0.717, 1.165) is 42.4 Å². The second-order valence-electron chi connectivity index (χ2n) is 8.11. The predicted octanol–water partition coefficient (Wildman–Crippen LogP) is 3.77. The first-order valence-corrected chi connectivity index (χ1v) is 10.8. The van der Waals surface area contributed by atoms with Gasteiger partial charge in [-0.3, -0.25) is 14.3 Å². The van der Waals surface area contributed by atoms with Crippen LogP contribution in [0.1, 0.15) is 42.7 Å². The molecule has 1 saturated carbocycles. The van der Waals surface area contributed by atoms with Crippen molar-refractivity contribution in [1.82, 2.24) is 20.4 Å².